The number of benzene rings is 1. The highest BCUT2D eigenvalue weighted by atomic mass is 16.5. The molecule has 8 heteroatoms. The second-order valence-corrected chi connectivity index (χ2v) is 5.61. The first-order chi connectivity index (χ1) is 12.2. The summed E-state index contributed by atoms with van der Waals surface area (Å²) in [6.45, 7) is 1.97. The molecule has 0 atom stereocenters. The van der Waals surface area contributed by atoms with Crippen molar-refractivity contribution in [2.24, 2.45) is 0 Å². The Bertz CT molecular complexity index is 705. The highest BCUT2D eigenvalue weighted by molar-refractivity contribution is 5.77. The van der Waals surface area contributed by atoms with E-state index in [1.807, 2.05) is 18.2 Å². The molecule has 1 aliphatic heterocycles. The third-order valence-corrected chi connectivity index (χ3v) is 3.78. The summed E-state index contributed by atoms with van der Waals surface area (Å²) in [7, 11) is 1.51. The largest absolute Gasteiger partial charge is 0.484 e. The molecule has 0 aliphatic carbocycles. The minimum absolute atomic E-state index is 0.0643. The highest BCUT2D eigenvalue weighted by Gasteiger charge is 2.18. The van der Waals surface area contributed by atoms with Crippen molar-refractivity contribution in [2.75, 3.05) is 31.7 Å². The Kier molecular flexibility index (Phi) is 5.61. The monoisotopic (exact) mass is 343 g/mol. The van der Waals surface area contributed by atoms with Crippen molar-refractivity contribution >= 4 is 11.9 Å². The summed E-state index contributed by atoms with van der Waals surface area (Å²) in [4.78, 5) is 26.9. The summed E-state index contributed by atoms with van der Waals surface area (Å²) < 4.78 is 10.5. The molecule has 0 unspecified atom stereocenters. The molecule has 0 spiro atoms. The number of para-hydroxylation sites is 1. The summed E-state index contributed by atoms with van der Waals surface area (Å²) >= 11 is 0. The summed E-state index contributed by atoms with van der Waals surface area (Å²) in [6, 6.07) is 9.44. The van der Waals surface area contributed by atoms with Gasteiger partial charge in [0.05, 0.1) is 13.7 Å². The van der Waals surface area contributed by atoms with E-state index in [0.29, 0.717) is 17.5 Å². The van der Waals surface area contributed by atoms with E-state index in [0.717, 1.165) is 25.9 Å². The van der Waals surface area contributed by atoms with Gasteiger partial charge in [-0.2, -0.15) is 15.0 Å². The molecular weight excluding hydrogens is 322 g/mol. The SMILES string of the molecule is COc1nc(CNC(=O)COc2ccccc2)nc(N2CCCC2)n1. The van der Waals surface area contributed by atoms with E-state index in [9.17, 15) is 4.79 Å². The molecule has 2 heterocycles. The molecule has 25 heavy (non-hydrogen) atoms. The number of nitrogens with one attached hydrogen (secondary N) is 1. The fourth-order valence-electron chi connectivity index (χ4n) is 2.51. The molecule has 1 aromatic heterocycles. The number of anilines is 1. The van der Waals surface area contributed by atoms with Gasteiger partial charge in [0.15, 0.2) is 12.4 Å². The van der Waals surface area contributed by atoms with Crippen LogP contribution in [-0.2, 0) is 11.3 Å². The van der Waals surface area contributed by atoms with Crippen LogP contribution >= 0.6 is 0 Å². The lowest BCUT2D eigenvalue weighted by Crippen LogP contribution is -2.30. The van der Waals surface area contributed by atoms with Crippen LogP contribution in [0.1, 0.15) is 18.7 Å². The Morgan fingerprint density at radius 3 is 2.64 bits per heavy atom. The molecule has 0 radical (unpaired) electrons. The van der Waals surface area contributed by atoms with E-state index in [2.05, 4.69) is 25.2 Å². The van der Waals surface area contributed by atoms with Crippen LogP contribution in [0.25, 0.3) is 0 Å². The number of nitrogens with zero attached hydrogens (tertiary/aromatic N) is 4. The molecule has 0 saturated carbocycles. The molecule has 132 valence electrons. The van der Waals surface area contributed by atoms with Gasteiger partial charge in [0, 0.05) is 13.1 Å². The summed E-state index contributed by atoms with van der Waals surface area (Å²) in [5.74, 6) is 1.46. The third-order valence-electron chi connectivity index (χ3n) is 3.78. The second-order valence-electron chi connectivity index (χ2n) is 5.61. The molecular formula is C17H21N5O3. The quantitative estimate of drug-likeness (QED) is 0.807. The van der Waals surface area contributed by atoms with Gasteiger partial charge < -0.3 is 19.7 Å². The van der Waals surface area contributed by atoms with Gasteiger partial charge in [-0.3, -0.25) is 4.79 Å². The van der Waals surface area contributed by atoms with Crippen molar-refractivity contribution in [1.29, 1.82) is 0 Å². The van der Waals surface area contributed by atoms with Crippen LogP contribution in [0.2, 0.25) is 0 Å². The van der Waals surface area contributed by atoms with Crippen LogP contribution in [0.5, 0.6) is 11.8 Å². The summed E-state index contributed by atoms with van der Waals surface area (Å²) in [6.07, 6.45) is 2.24. The van der Waals surface area contributed by atoms with Crippen molar-refractivity contribution < 1.29 is 14.3 Å². The van der Waals surface area contributed by atoms with Gasteiger partial charge in [0.1, 0.15) is 5.75 Å². The van der Waals surface area contributed by atoms with Crippen molar-refractivity contribution in [3.05, 3.63) is 36.2 Å². The van der Waals surface area contributed by atoms with Crippen LogP contribution in [-0.4, -0.2) is 47.7 Å². The Hall–Kier alpha value is -2.90. The number of aromatic nitrogens is 3. The molecule has 1 fully saturated rings. The van der Waals surface area contributed by atoms with Gasteiger partial charge in [-0.15, -0.1) is 0 Å². The molecule has 1 saturated heterocycles. The van der Waals surface area contributed by atoms with Gasteiger partial charge in [-0.1, -0.05) is 18.2 Å². The standard InChI is InChI=1S/C17H21N5O3/c1-24-17-20-14(19-16(21-17)22-9-5-6-10-22)11-18-15(23)12-25-13-7-3-2-4-8-13/h2-4,7-8H,5-6,9-12H2,1H3,(H,18,23). The van der Waals surface area contributed by atoms with E-state index in [4.69, 9.17) is 9.47 Å². The maximum Gasteiger partial charge on any atom is 0.321 e. The molecule has 2 aromatic rings. The van der Waals surface area contributed by atoms with E-state index in [1.165, 1.54) is 7.11 Å². The number of amides is 1. The van der Waals surface area contributed by atoms with Gasteiger partial charge in [-0.25, -0.2) is 0 Å². The zero-order valence-electron chi connectivity index (χ0n) is 14.1. The lowest BCUT2D eigenvalue weighted by Gasteiger charge is -2.16. The first kappa shape index (κ1) is 16.9. The predicted octanol–water partition coefficient (Wildman–Crippen LogP) is 1.18. The van der Waals surface area contributed by atoms with Gasteiger partial charge >= 0.3 is 6.01 Å². The zero-order valence-corrected chi connectivity index (χ0v) is 14.1. The van der Waals surface area contributed by atoms with Crippen molar-refractivity contribution in [3.8, 4) is 11.8 Å². The summed E-state index contributed by atoms with van der Waals surface area (Å²) in [5.41, 5.74) is 0. The molecule has 1 N–H and O–H groups in total. The van der Waals surface area contributed by atoms with Crippen LogP contribution in [0.3, 0.4) is 0 Å². The molecule has 8 nitrogen and oxygen atoms in total. The molecule has 0 bridgehead atoms. The fourth-order valence-corrected chi connectivity index (χ4v) is 2.51. The topological polar surface area (TPSA) is 89.5 Å². The number of hydrogen-bond donors (Lipinski definition) is 1. The number of carbonyl (C=O) groups is 1. The van der Waals surface area contributed by atoms with Crippen molar-refractivity contribution in [2.45, 2.75) is 19.4 Å². The smallest absolute Gasteiger partial charge is 0.321 e. The molecule has 1 aromatic carbocycles. The van der Waals surface area contributed by atoms with E-state index >= 15 is 0 Å². The molecule has 3 rings (SSSR count). The number of ether oxygens (including phenoxy) is 2. The molecule has 1 aliphatic rings. The lowest BCUT2D eigenvalue weighted by atomic mass is 10.3. The number of hydrogen-bond acceptors (Lipinski definition) is 7. The van der Waals surface area contributed by atoms with Crippen LogP contribution in [0.4, 0.5) is 5.95 Å². The van der Waals surface area contributed by atoms with Gasteiger partial charge in [0.25, 0.3) is 5.91 Å². The number of carbonyl (C=O) groups excluding carboxylic acids is 1. The zero-order chi connectivity index (χ0) is 17.5. The first-order valence-electron chi connectivity index (χ1n) is 8.23. The Labute approximate surface area is 146 Å². The van der Waals surface area contributed by atoms with Crippen LogP contribution in [0.15, 0.2) is 30.3 Å². The van der Waals surface area contributed by atoms with E-state index in [1.54, 1.807) is 12.1 Å². The third kappa shape index (κ3) is 4.79. The lowest BCUT2D eigenvalue weighted by molar-refractivity contribution is -0.123. The normalized spacial score (nSPS) is 13.6. The predicted molar refractivity (Wildman–Crippen MR) is 91.6 cm³/mol. The fraction of sp³-hybridized carbons (Fsp3) is 0.412. The van der Waals surface area contributed by atoms with Crippen LogP contribution in [0, 0.1) is 0 Å². The minimum Gasteiger partial charge on any atom is -0.484 e. The Morgan fingerprint density at radius 1 is 1.16 bits per heavy atom. The average molecular weight is 343 g/mol. The Morgan fingerprint density at radius 2 is 1.92 bits per heavy atom. The maximum absolute atomic E-state index is 11.9. The average Bonchev–Trinajstić information content (AvgIpc) is 3.20. The number of rotatable bonds is 7. The van der Waals surface area contributed by atoms with Gasteiger partial charge in [0.2, 0.25) is 5.95 Å². The highest BCUT2D eigenvalue weighted by Crippen LogP contribution is 2.17. The van der Waals surface area contributed by atoms with Crippen molar-refractivity contribution in [1.82, 2.24) is 20.3 Å². The number of methoxy groups -OCH3 is 1. The van der Waals surface area contributed by atoms with Gasteiger partial charge in [-0.05, 0) is 25.0 Å². The first-order valence-corrected chi connectivity index (χ1v) is 8.23. The minimum atomic E-state index is -0.244. The van der Waals surface area contributed by atoms with Crippen molar-refractivity contribution in [3.63, 3.8) is 0 Å². The second kappa shape index (κ2) is 8.27. The Balaban J connectivity index is 1.56. The van der Waals surface area contributed by atoms with Crippen LogP contribution < -0.4 is 19.7 Å². The van der Waals surface area contributed by atoms with E-state index in [-0.39, 0.29) is 25.1 Å². The molecule has 1 amide bonds. The summed E-state index contributed by atoms with van der Waals surface area (Å²) in [5, 5.41) is 2.75. The maximum atomic E-state index is 11.9. The van der Waals surface area contributed by atoms with E-state index < -0.39 is 0 Å².